The lowest BCUT2D eigenvalue weighted by atomic mass is 9.95. The molecule has 2 amide bonds. The molecule has 0 spiro atoms. The molecule has 2 aromatic carbocycles. The lowest BCUT2D eigenvalue weighted by Crippen LogP contribution is -2.53. The maximum absolute atomic E-state index is 13.8. The van der Waals surface area contributed by atoms with Crippen LogP contribution in [0.25, 0.3) is 0 Å². The molecule has 2 aromatic rings. The van der Waals surface area contributed by atoms with Crippen LogP contribution >= 0.6 is 23.2 Å². The maximum Gasteiger partial charge on any atom is 0.244 e. The molecule has 0 aliphatic heterocycles. The SMILES string of the molecule is Cc1ccc(C)c(N(CC(=O)N(Cc2ccc(Cl)cc2Cl)[C@H](C)C(=O)NC2CCCCC2)S(C)(=O)=O)c1. The average Bonchev–Trinajstić information content (AvgIpc) is 2.83. The van der Waals surface area contributed by atoms with Gasteiger partial charge in [-0.1, -0.05) is 60.7 Å². The van der Waals surface area contributed by atoms with Crippen LogP contribution in [0.2, 0.25) is 10.0 Å². The number of rotatable bonds is 9. The van der Waals surface area contributed by atoms with Gasteiger partial charge in [0.25, 0.3) is 0 Å². The summed E-state index contributed by atoms with van der Waals surface area (Å²) in [6.45, 7) is 4.89. The van der Waals surface area contributed by atoms with E-state index in [1.807, 2.05) is 19.1 Å². The van der Waals surface area contributed by atoms with Crippen LogP contribution < -0.4 is 9.62 Å². The van der Waals surface area contributed by atoms with Crippen LogP contribution in [0.5, 0.6) is 0 Å². The Balaban J connectivity index is 1.93. The first-order valence-electron chi connectivity index (χ1n) is 12.5. The second-order valence-corrected chi connectivity index (χ2v) is 12.6. The van der Waals surface area contributed by atoms with E-state index in [-0.39, 0.29) is 18.5 Å². The number of halogens is 2. The summed E-state index contributed by atoms with van der Waals surface area (Å²) < 4.78 is 26.7. The molecule has 1 aliphatic rings. The molecule has 0 unspecified atom stereocenters. The zero-order valence-corrected chi connectivity index (χ0v) is 24.1. The predicted octanol–water partition coefficient (Wildman–Crippen LogP) is 5.24. The number of hydrogen-bond donors (Lipinski definition) is 1. The van der Waals surface area contributed by atoms with Gasteiger partial charge in [-0.25, -0.2) is 8.42 Å². The number of aryl methyl sites for hydroxylation is 2. The third-order valence-electron chi connectivity index (χ3n) is 6.79. The standard InChI is InChI=1S/C27H35Cl2N3O4S/c1-18-10-11-19(2)25(14-18)32(37(4,35)36)17-26(33)31(16-21-12-13-22(28)15-24(21)29)20(3)27(34)30-23-8-6-5-7-9-23/h10-15,20,23H,5-9,16-17H2,1-4H3,(H,30,34)/t20-/m1/s1. The molecule has 1 atom stereocenters. The summed E-state index contributed by atoms with van der Waals surface area (Å²) in [6, 6.07) is 9.61. The smallest absolute Gasteiger partial charge is 0.244 e. The Morgan fingerprint density at radius 3 is 2.35 bits per heavy atom. The molecule has 3 rings (SSSR count). The molecule has 1 aliphatic carbocycles. The minimum atomic E-state index is -3.80. The predicted molar refractivity (Wildman–Crippen MR) is 150 cm³/mol. The number of nitrogens with zero attached hydrogens (tertiary/aromatic N) is 2. The molecular formula is C27H35Cl2N3O4S. The van der Waals surface area contributed by atoms with E-state index in [9.17, 15) is 18.0 Å². The number of sulfonamides is 1. The summed E-state index contributed by atoms with van der Waals surface area (Å²) in [5.41, 5.74) is 2.62. The Morgan fingerprint density at radius 1 is 1.05 bits per heavy atom. The van der Waals surface area contributed by atoms with E-state index < -0.39 is 28.5 Å². The Bertz CT molecular complexity index is 1250. The molecule has 10 heteroatoms. The molecule has 1 saturated carbocycles. The Hall–Kier alpha value is -2.29. The highest BCUT2D eigenvalue weighted by molar-refractivity contribution is 7.92. The molecule has 0 aromatic heterocycles. The van der Waals surface area contributed by atoms with Gasteiger partial charge in [-0.15, -0.1) is 0 Å². The second-order valence-electron chi connectivity index (χ2n) is 9.84. The topological polar surface area (TPSA) is 86.8 Å². The first-order valence-corrected chi connectivity index (χ1v) is 15.1. The van der Waals surface area contributed by atoms with Crippen LogP contribution in [0.4, 0.5) is 5.69 Å². The summed E-state index contributed by atoms with van der Waals surface area (Å²) >= 11 is 12.5. The average molecular weight is 569 g/mol. The van der Waals surface area contributed by atoms with Gasteiger partial charge in [0, 0.05) is 22.6 Å². The fourth-order valence-corrected chi connectivity index (χ4v) is 5.93. The fourth-order valence-electron chi connectivity index (χ4n) is 4.57. The molecule has 202 valence electrons. The van der Waals surface area contributed by atoms with Crippen molar-refractivity contribution in [3.05, 3.63) is 63.1 Å². The van der Waals surface area contributed by atoms with Gasteiger partial charge in [-0.3, -0.25) is 13.9 Å². The molecular weight excluding hydrogens is 533 g/mol. The molecule has 1 N–H and O–H groups in total. The number of carbonyl (C=O) groups is 2. The quantitative estimate of drug-likeness (QED) is 0.448. The monoisotopic (exact) mass is 567 g/mol. The zero-order chi connectivity index (χ0) is 27.3. The van der Waals surface area contributed by atoms with E-state index in [1.54, 1.807) is 38.1 Å². The lowest BCUT2D eigenvalue weighted by Gasteiger charge is -2.33. The minimum Gasteiger partial charge on any atom is -0.352 e. The second kappa shape index (κ2) is 12.5. The van der Waals surface area contributed by atoms with Gasteiger partial charge in [0.1, 0.15) is 12.6 Å². The number of amides is 2. The largest absolute Gasteiger partial charge is 0.352 e. The van der Waals surface area contributed by atoms with Crippen LogP contribution in [0, 0.1) is 13.8 Å². The number of anilines is 1. The van der Waals surface area contributed by atoms with Crippen molar-refractivity contribution in [3.63, 3.8) is 0 Å². The Kier molecular flexibility index (Phi) is 9.89. The summed E-state index contributed by atoms with van der Waals surface area (Å²) in [6.07, 6.45) is 6.15. The van der Waals surface area contributed by atoms with Crippen molar-refractivity contribution in [1.29, 1.82) is 0 Å². The molecule has 1 fully saturated rings. The van der Waals surface area contributed by atoms with E-state index >= 15 is 0 Å². The van der Waals surface area contributed by atoms with Crippen LogP contribution in [-0.2, 0) is 26.2 Å². The Morgan fingerprint density at radius 2 is 1.73 bits per heavy atom. The molecule has 0 heterocycles. The third-order valence-corrected chi connectivity index (χ3v) is 8.50. The normalized spacial score (nSPS) is 15.2. The van der Waals surface area contributed by atoms with Crippen LogP contribution in [-0.4, -0.2) is 50.0 Å². The highest BCUT2D eigenvalue weighted by atomic mass is 35.5. The summed E-state index contributed by atoms with van der Waals surface area (Å²) in [5, 5.41) is 3.89. The van der Waals surface area contributed by atoms with Crippen molar-refractivity contribution >= 4 is 50.7 Å². The highest BCUT2D eigenvalue weighted by Crippen LogP contribution is 2.26. The van der Waals surface area contributed by atoms with Gasteiger partial charge in [0.15, 0.2) is 0 Å². The summed E-state index contributed by atoms with van der Waals surface area (Å²) in [4.78, 5) is 28.4. The van der Waals surface area contributed by atoms with Crippen molar-refractivity contribution in [1.82, 2.24) is 10.2 Å². The van der Waals surface area contributed by atoms with Crippen LogP contribution in [0.1, 0.15) is 55.7 Å². The van der Waals surface area contributed by atoms with Gasteiger partial charge >= 0.3 is 0 Å². The molecule has 37 heavy (non-hydrogen) atoms. The van der Waals surface area contributed by atoms with Crippen LogP contribution in [0.15, 0.2) is 36.4 Å². The number of benzene rings is 2. The molecule has 7 nitrogen and oxygen atoms in total. The Labute approximate surface area is 230 Å². The van der Waals surface area contributed by atoms with Crippen molar-refractivity contribution in [2.75, 3.05) is 17.1 Å². The van der Waals surface area contributed by atoms with Crippen molar-refractivity contribution in [3.8, 4) is 0 Å². The fraction of sp³-hybridized carbons (Fsp3) is 0.481. The molecule has 0 bridgehead atoms. The van der Waals surface area contributed by atoms with E-state index in [2.05, 4.69) is 5.32 Å². The van der Waals surface area contributed by atoms with Gasteiger partial charge in [-0.05, 0) is 68.5 Å². The van der Waals surface area contributed by atoms with E-state index in [0.29, 0.717) is 21.3 Å². The lowest BCUT2D eigenvalue weighted by molar-refractivity contribution is -0.139. The van der Waals surface area contributed by atoms with Gasteiger partial charge < -0.3 is 10.2 Å². The summed E-state index contributed by atoms with van der Waals surface area (Å²) in [7, 11) is -3.80. The molecule has 0 saturated heterocycles. The number of hydrogen-bond acceptors (Lipinski definition) is 4. The van der Waals surface area contributed by atoms with E-state index in [1.165, 1.54) is 4.90 Å². The first kappa shape index (κ1) is 29.3. The van der Waals surface area contributed by atoms with E-state index in [4.69, 9.17) is 23.2 Å². The number of carbonyl (C=O) groups excluding carboxylic acids is 2. The van der Waals surface area contributed by atoms with Gasteiger partial charge in [-0.2, -0.15) is 0 Å². The number of nitrogens with one attached hydrogen (secondary N) is 1. The minimum absolute atomic E-state index is 0.0263. The zero-order valence-electron chi connectivity index (χ0n) is 21.8. The van der Waals surface area contributed by atoms with Crippen molar-refractivity contribution in [2.24, 2.45) is 0 Å². The van der Waals surface area contributed by atoms with E-state index in [0.717, 1.165) is 53.8 Å². The molecule has 0 radical (unpaired) electrons. The summed E-state index contributed by atoms with van der Waals surface area (Å²) in [5.74, 6) is -0.786. The van der Waals surface area contributed by atoms with Gasteiger partial charge in [0.2, 0.25) is 21.8 Å². The van der Waals surface area contributed by atoms with Gasteiger partial charge in [0.05, 0.1) is 11.9 Å². The third kappa shape index (κ3) is 7.85. The first-order chi connectivity index (χ1) is 17.4. The van der Waals surface area contributed by atoms with Crippen molar-refractivity contribution in [2.45, 2.75) is 71.5 Å². The highest BCUT2D eigenvalue weighted by Gasteiger charge is 2.32. The van der Waals surface area contributed by atoms with Crippen LogP contribution in [0.3, 0.4) is 0 Å². The maximum atomic E-state index is 13.8. The van der Waals surface area contributed by atoms with Crippen molar-refractivity contribution < 1.29 is 18.0 Å².